The highest BCUT2D eigenvalue weighted by molar-refractivity contribution is 6.05. The molecule has 200 valence electrons. The first-order valence-electron chi connectivity index (χ1n) is 12.5. The van der Waals surface area contributed by atoms with Gasteiger partial charge in [0.2, 0.25) is 17.7 Å². The van der Waals surface area contributed by atoms with Gasteiger partial charge in [0.05, 0.1) is 0 Å². The van der Waals surface area contributed by atoms with Crippen LogP contribution in [0.15, 0.2) is 48.5 Å². The van der Waals surface area contributed by atoms with Crippen molar-refractivity contribution in [1.82, 2.24) is 20.4 Å². The van der Waals surface area contributed by atoms with E-state index in [1.807, 2.05) is 12.1 Å². The van der Waals surface area contributed by atoms with Crippen molar-refractivity contribution in [2.45, 2.75) is 64.4 Å². The van der Waals surface area contributed by atoms with Crippen LogP contribution in [0.25, 0.3) is 0 Å². The Hall–Kier alpha value is -4.21. The zero-order valence-electron chi connectivity index (χ0n) is 21.9. The van der Waals surface area contributed by atoms with Gasteiger partial charge in [-0.05, 0) is 49.9 Å². The maximum absolute atomic E-state index is 13.3. The van der Waals surface area contributed by atoms with Crippen LogP contribution in [0.4, 0.5) is 4.79 Å². The number of imide groups is 1. The number of carbonyl (C=O) groups is 5. The van der Waals surface area contributed by atoms with Crippen LogP contribution >= 0.6 is 0 Å². The fourth-order valence-corrected chi connectivity index (χ4v) is 4.65. The fraction of sp³-hybridized carbons (Fsp3) is 0.393. The van der Waals surface area contributed by atoms with E-state index in [9.17, 15) is 24.0 Å². The van der Waals surface area contributed by atoms with Crippen LogP contribution in [0.3, 0.4) is 0 Å². The van der Waals surface area contributed by atoms with Crippen LogP contribution < -0.4 is 10.6 Å². The Kier molecular flexibility index (Phi) is 7.52. The predicted molar refractivity (Wildman–Crippen MR) is 138 cm³/mol. The zero-order valence-corrected chi connectivity index (χ0v) is 21.9. The highest BCUT2D eigenvalue weighted by atomic mass is 16.6. The summed E-state index contributed by atoms with van der Waals surface area (Å²) in [6, 6.07) is 12.6. The van der Waals surface area contributed by atoms with Crippen LogP contribution in [0.2, 0.25) is 0 Å². The molecule has 2 aliphatic rings. The summed E-state index contributed by atoms with van der Waals surface area (Å²) in [5, 5.41) is 5.19. The third kappa shape index (κ3) is 5.85. The Balaban J connectivity index is 1.46. The van der Waals surface area contributed by atoms with Gasteiger partial charge >= 0.3 is 6.09 Å². The lowest BCUT2D eigenvalue weighted by molar-refractivity contribution is -0.137. The largest absolute Gasteiger partial charge is 0.444 e. The molecule has 2 aromatic rings. The number of nitrogens with zero attached hydrogens (tertiary/aromatic N) is 2. The summed E-state index contributed by atoms with van der Waals surface area (Å²) in [5.74, 6) is -1.44. The molecule has 2 heterocycles. The van der Waals surface area contributed by atoms with Gasteiger partial charge in [-0.15, -0.1) is 0 Å². The minimum absolute atomic E-state index is 0.171. The van der Waals surface area contributed by atoms with Crippen molar-refractivity contribution >= 4 is 29.7 Å². The molecule has 0 aliphatic carbocycles. The van der Waals surface area contributed by atoms with Gasteiger partial charge in [0.25, 0.3) is 5.91 Å². The molecule has 2 N–H and O–H groups in total. The van der Waals surface area contributed by atoms with Gasteiger partial charge in [-0.2, -0.15) is 0 Å². The zero-order chi connectivity index (χ0) is 27.6. The molecule has 10 nitrogen and oxygen atoms in total. The van der Waals surface area contributed by atoms with E-state index in [0.717, 1.165) is 11.1 Å². The third-order valence-electron chi connectivity index (χ3n) is 6.49. The molecule has 1 saturated heterocycles. The van der Waals surface area contributed by atoms with Crippen molar-refractivity contribution in [2.75, 3.05) is 7.05 Å². The second kappa shape index (κ2) is 10.6. The monoisotopic (exact) mass is 520 g/mol. The second-order valence-corrected chi connectivity index (χ2v) is 10.5. The van der Waals surface area contributed by atoms with Crippen LogP contribution in [0.1, 0.15) is 66.7 Å². The minimum Gasteiger partial charge on any atom is -0.444 e. The number of rotatable bonds is 6. The standard InChI is InChI=1S/C28H32N4O6/c1-28(2,3)38-27(37)31(4)23(18-8-6-5-7-9-18)25(35)29-15-17-10-11-20-19(14-17)16-32(26(20)36)21-12-13-22(33)30-24(21)34/h5-11,14,21,23H,12-13,15-16H2,1-4H3,(H,29,35)(H,30,33,34)/t21?,23-/m1/s1. The molecule has 0 radical (unpaired) electrons. The first-order valence-corrected chi connectivity index (χ1v) is 12.5. The van der Waals surface area contributed by atoms with Crippen molar-refractivity contribution in [3.63, 3.8) is 0 Å². The summed E-state index contributed by atoms with van der Waals surface area (Å²) in [6.07, 6.45) is -0.140. The van der Waals surface area contributed by atoms with Crippen LogP contribution in [-0.4, -0.2) is 58.2 Å². The molecule has 38 heavy (non-hydrogen) atoms. The molecule has 4 rings (SSSR count). The smallest absolute Gasteiger partial charge is 0.410 e. The number of nitrogens with one attached hydrogen (secondary N) is 2. The first kappa shape index (κ1) is 26.8. The van der Waals surface area contributed by atoms with Crippen molar-refractivity contribution in [3.8, 4) is 0 Å². The Morgan fingerprint density at radius 1 is 1.13 bits per heavy atom. The van der Waals surface area contributed by atoms with E-state index in [2.05, 4.69) is 10.6 Å². The Labute approximate surface area is 221 Å². The Morgan fingerprint density at radius 2 is 1.84 bits per heavy atom. The highest BCUT2D eigenvalue weighted by Gasteiger charge is 2.39. The molecule has 0 bridgehead atoms. The van der Waals surface area contributed by atoms with Gasteiger partial charge < -0.3 is 15.0 Å². The number of carbonyl (C=O) groups excluding carboxylic acids is 5. The van der Waals surface area contributed by atoms with Crippen molar-refractivity contribution < 1.29 is 28.7 Å². The quantitative estimate of drug-likeness (QED) is 0.565. The summed E-state index contributed by atoms with van der Waals surface area (Å²) in [7, 11) is 1.52. The molecule has 5 amide bonds. The van der Waals surface area contributed by atoms with Gasteiger partial charge in [-0.3, -0.25) is 29.4 Å². The Morgan fingerprint density at radius 3 is 2.50 bits per heavy atom. The lowest BCUT2D eigenvalue weighted by Crippen LogP contribution is -2.52. The van der Waals surface area contributed by atoms with Gasteiger partial charge in [0.15, 0.2) is 0 Å². The van der Waals surface area contributed by atoms with Gasteiger partial charge in [0, 0.05) is 32.1 Å². The number of ether oxygens (including phenoxy) is 1. The van der Waals surface area contributed by atoms with E-state index < -0.39 is 29.7 Å². The topological polar surface area (TPSA) is 125 Å². The van der Waals surface area contributed by atoms with Gasteiger partial charge in [-0.1, -0.05) is 42.5 Å². The molecule has 2 atom stereocenters. The number of fused-ring (bicyclic) bond motifs is 1. The maximum atomic E-state index is 13.3. The summed E-state index contributed by atoms with van der Waals surface area (Å²) in [6.45, 7) is 5.70. The molecule has 0 aromatic heterocycles. The fourth-order valence-electron chi connectivity index (χ4n) is 4.65. The molecule has 10 heteroatoms. The summed E-state index contributed by atoms with van der Waals surface area (Å²) >= 11 is 0. The van der Waals surface area contributed by atoms with Gasteiger partial charge in [-0.25, -0.2) is 4.79 Å². The molecule has 2 aromatic carbocycles. The van der Waals surface area contributed by atoms with Crippen molar-refractivity contribution in [2.24, 2.45) is 0 Å². The normalized spacial score (nSPS) is 17.9. The van der Waals surface area contributed by atoms with E-state index >= 15 is 0 Å². The number of amides is 5. The van der Waals surface area contributed by atoms with Crippen LogP contribution in [-0.2, 0) is 32.2 Å². The van der Waals surface area contributed by atoms with Crippen LogP contribution in [0, 0.1) is 0 Å². The maximum Gasteiger partial charge on any atom is 0.410 e. The van der Waals surface area contributed by atoms with Crippen molar-refractivity contribution in [3.05, 3.63) is 70.8 Å². The van der Waals surface area contributed by atoms with E-state index in [-0.39, 0.29) is 37.2 Å². The van der Waals surface area contributed by atoms with E-state index in [4.69, 9.17) is 4.74 Å². The molecule has 1 unspecified atom stereocenters. The van der Waals surface area contributed by atoms with Gasteiger partial charge in [0.1, 0.15) is 17.7 Å². The molecular weight excluding hydrogens is 488 g/mol. The second-order valence-electron chi connectivity index (χ2n) is 10.5. The lowest BCUT2D eigenvalue weighted by Gasteiger charge is -2.30. The number of likely N-dealkylation sites (N-methyl/N-ethyl adjacent to an activating group) is 1. The molecule has 2 aliphatic heterocycles. The van der Waals surface area contributed by atoms with E-state index in [1.165, 1.54) is 16.8 Å². The molecule has 1 fully saturated rings. The van der Waals surface area contributed by atoms with Crippen molar-refractivity contribution in [1.29, 1.82) is 0 Å². The molecule has 0 saturated carbocycles. The summed E-state index contributed by atoms with van der Waals surface area (Å²) in [4.78, 5) is 65.5. The highest BCUT2D eigenvalue weighted by Crippen LogP contribution is 2.28. The SMILES string of the molecule is CN(C(=O)OC(C)(C)C)[C@@H](C(=O)NCc1ccc2c(c1)CN(C1CCC(=O)NC1=O)C2=O)c1ccccc1. The first-order chi connectivity index (χ1) is 17.9. The van der Waals surface area contributed by atoms with Crippen LogP contribution in [0.5, 0.6) is 0 Å². The number of hydrogen-bond donors (Lipinski definition) is 2. The Bertz CT molecular complexity index is 1270. The predicted octanol–water partition coefficient (Wildman–Crippen LogP) is 2.67. The average Bonchev–Trinajstić information content (AvgIpc) is 3.18. The molecular formula is C28H32N4O6. The number of benzene rings is 2. The lowest BCUT2D eigenvalue weighted by atomic mass is 10.0. The third-order valence-corrected chi connectivity index (χ3v) is 6.49. The summed E-state index contributed by atoms with van der Waals surface area (Å²) < 4.78 is 5.47. The van der Waals surface area contributed by atoms with E-state index in [0.29, 0.717) is 17.5 Å². The minimum atomic E-state index is -0.912. The van der Waals surface area contributed by atoms with E-state index in [1.54, 1.807) is 57.2 Å². The number of piperidine rings is 1. The molecule has 0 spiro atoms. The number of hydrogen-bond acceptors (Lipinski definition) is 6. The average molecular weight is 521 g/mol. The summed E-state index contributed by atoms with van der Waals surface area (Å²) in [5.41, 5.74) is 1.93.